The molecular weight excluding hydrogens is 500 g/mol. The molecule has 2 atom stereocenters. The molecule has 2 heterocycles. The average molecular weight is 525 g/mol. The van der Waals surface area contributed by atoms with Crippen molar-refractivity contribution in [2.75, 3.05) is 22.9 Å². The second-order valence-electron chi connectivity index (χ2n) is 8.95. The molecule has 11 heteroatoms. The van der Waals surface area contributed by atoms with Crippen LogP contribution in [0, 0.1) is 0 Å². The maximum atomic E-state index is 13.5. The predicted molar refractivity (Wildman–Crippen MR) is 127 cm³/mol. The summed E-state index contributed by atoms with van der Waals surface area (Å²) in [5.41, 5.74) is 0.0428. The zero-order valence-corrected chi connectivity index (χ0v) is 20.0. The van der Waals surface area contributed by atoms with Crippen LogP contribution in [0.15, 0.2) is 66.7 Å². The first-order valence-corrected chi connectivity index (χ1v) is 11.5. The lowest BCUT2D eigenvalue weighted by Gasteiger charge is -2.45. The van der Waals surface area contributed by atoms with Crippen molar-refractivity contribution in [2.45, 2.75) is 44.4 Å². The molecule has 1 N–H and O–H groups in total. The molecule has 198 valence electrons. The van der Waals surface area contributed by atoms with E-state index in [1.165, 1.54) is 17.0 Å². The number of aromatic nitrogens is 1. The third-order valence-electron chi connectivity index (χ3n) is 5.90. The van der Waals surface area contributed by atoms with Gasteiger partial charge in [0.2, 0.25) is 5.88 Å². The highest BCUT2D eigenvalue weighted by Crippen LogP contribution is 2.45. The van der Waals surface area contributed by atoms with Gasteiger partial charge in [-0.2, -0.15) is 31.3 Å². The van der Waals surface area contributed by atoms with Gasteiger partial charge < -0.3 is 19.6 Å². The number of ether oxygens (including phenoxy) is 1. The molecular formula is C26H25F6N3O2. The molecule has 1 aliphatic heterocycles. The zero-order chi connectivity index (χ0) is 27.0. The van der Waals surface area contributed by atoms with Crippen molar-refractivity contribution < 1.29 is 36.2 Å². The third-order valence-corrected chi connectivity index (χ3v) is 5.90. The first-order valence-electron chi connectivity index (χ1n) is 11.5. The molecule has 0 amide bonds. The van der Waals surface area contributed by atoms with E-state index in [4.69, 9.17) is 4.74 Å². The van der Waals surface area contributed by atoms with E-state index in [1.54, 1.807) is 47.4 Å². The molecule has 1 aliphatic rings. The van der Waals surface area contributed by atoms with E-state index in [0.29, 0.717) is 23.1 Å². The summed E-state index contributed by atoms with van der Waals surface area (Å²) >= 11 is 0. The number of pyridine rings is 1. The van der Waals surface area contributed by atoms with Crippen LogP contribution in [0.25, 0.3) is 0 Å². The highest BCUT2D eigenvalue weighted by atomic mass is 19.4. The van der Waals surface area contributed by atoms with Gasteiger partial charge in [0.25, 0.3) is 0 Å². The van der Waals surface area contributed by atoms with Crippen LogP contribution in [-0.4, -0.2) is 41.6 Å². The average Bonchev–Trinajstić information content (AvgIpc) is 2.83. The van der Waals surface area contributed by atoms with Gasteiger partial charge in [-0.25, -0.2) is 0 Å². The smallest absolute Gasteiger partial charge is 0.416 e. The Hall–Kier alpha value is -3.47. The number of aliphatic hydroxyl groups is 1. The van der Waals surface area contributed by atoms with Crippen molar-refractivity contribution in [1.29, 1.82) is 0 Å². The Morgan fingerprint density at radius 2 is 1.62 bits per heavy atom. The summed E-state index contributed by atoms with van der Waals surface area (Å²) in [5.74, 6) is 0.745. The molecule has 0 saturated carbocycles. The number of benzene rings is 2. The van der Waals surface area contributed by atoms with Crippen LogP contribution in [0.3, 0.4) is 0 Å². The molecule has 3 aromatic rings. The normalized spacial score (nSPS) is 17.1. The van der Waals surface area contributed by atoms with Crippen LogP contribution in [0.1, 0.15) is 31.0 Å². The highest BCUT2D eigenvalue weighted by molar-refractivity contribution is 5.79. The van der Waals surface area contributed by atoms with Crippen LogP contribution >= 0.6 is 0 Å². The molecule has 4 rings (SSSR count). The minimum Gasteiger partial charge on any atom is -0.475 e. The van der Waals surface area contributed by atoms with Gasteiger partial charge in [0.1, 0.15) is 5.82 Å². The maximum Gasteiger partial charge on any atom is 0.416 e. The van der Waals surface area contributed by atoms with E-state index in [2.05, 4.69) is 4.98 Å². The van der Waals surface area contributed by atoms with E-state index < -0.39 is 36.6 Å². The number of aliphatic hydroxyl groups excluding tert-OH is 1. The number of hydrogen-bond donors (Lipinski definition) is 1. The summed E-state index contributed by atoms with van der Waals surface area (Å²) < 4.78 is 86.2. The molecule has 2 aromatic carbocycles. The molecule has 2 unspecified atom stereocenters. The van der Waals surface area contributed by atoms with Crippen molar-refractivity contribution in [2.24, 2.45) is 0 Å². The standard InChI is InChI=1S/C26H25F6N3O2/c1-16(2)37-24-12-6-11-23(33-24)35-14-21(17-7-5-8-18(13-17)25(27,28)29)34(15-22(36)26(30,31)32)19-9-3-4-10-20(19)35/h3-13,16,21-22,36H,14-15H2,1-2H3. The van der Waals surface area contributed by atoms with Crippen LogP contribution in [0.2, 0.25) is 0 Å². The number of hydrogen-bond acceptors (Lipinski definition) is 5. The van der Waals surface area contributed by atoms with Gasteiger partial charge in [-0.15, -0.1) is 0 Å². The van der Waals surface area contributed by atoms with Gasteiger partial charge in [-0.05, 0) is 49.7 Å². The van der Waals surface area contributed by atoms with E-state index in [0.717, 1.165) is 12.1 Å². The second-order valence-corrected chi connectivity index (χ2v) is 8.95. The lowest BCUT2D eigenvalue weighted by atomic mass is 9.97. The summed E-state index contributed by atoms with van der Waals surface area (Å²) in [7, 11) is 0. The largest absolute Gasteiger partial charge is 0.475 e. The number of anilines is 3. The lowest BCUT2D eigenvalue weighted by Crippen LogP contribution is -2.48. The Morgan fingerprint density at radius 1 is 0.946 bits per heavy atom. The van der Waals surface area contributed by atoms with Crippen LogP contribution in [0.4, 0.5) is 43.5 Å². The van der Waals surface area contributed by atoms with E-state index in [-0.39, 0.29) is 18.2 Å². The van der Waals surface area contributed by atoms with Gasteiger partial charge in [0.15, 0.2) is 6.10 Å². The SMILES string of the molecule is CC(C)Oc1cccc(N2CC(c3cccc(C(F)(F)F)c3)N(CC(O)C(F)(F)F)c3ccccc32)n1. The topological polar surface area (TPSA) is 48.8 Å². The lowest BCUT2D eigenvalue weighted by molar-refractivity contribution is -0.200. The van der Waals surface area contributed by atoms with Gasteiger partial charge >= 0.3 is 12.4 Å². The monoisotopic (exact) mass is 525 g/mol. The molecule has 0 radical (unpaired) electrons. The second kappa shape index (κ2) is 10.1. The molecule has 0 bridgehead atoms. The number of fused-ring (bicyclic) bond motifs is 1. The molecule has 0 aliphatic carbocycles. The van der Waals surface area contributed by atoms with Gasteiger partial charge in [-0.1, -0.05) is 30.3 Å². The number of nitrogens with zero attached hydrogens (tertiary/aromatic N) is 3. The van der Waals surface area contributed by atoms with Crippen molar-refractivity contribution in [1.82, 2.24) is 4.98 Å². The number of halogens is 6. The fourth-order valence-corrected chi connectivity index (χ4v) is 4.27. The number of alkyl halides is 6. The highest BCUT2D eigenvalue weighted by Gasteiger charge is 2.43. The number of rotatable bonds is 6. The van der Waals surface area contributed by atoms with Crippen molar-refractivity contribution in [3.05, 3.63) is 77.9 Å². The summed E-state index contributed by atoms with van der Waals surface area (Å²) in [6, 6.07) is 15.1. The number of para-hydroxylation sites is 2. The van der Waals surface area contributed by atoms with Gasteiger partial charge in [0, 0.05) is 12.6 Å². The molecule has 37 heavy (non-hydrogen) atoms. The first-order chi connectivity index (χ1) is 17.3. The minimum absolute atomic E-state index is 0.0268. The maximum absolute atomic E-state index is 13.5. The minimum atomic E-state index is -4.91. The van der Waals surface area contributed by atoms with Gasteiger partial charge in [-0.3, -0.25) is 0 Å². The molecule has 5 nitrogen and oxygen atoms in total. The number of β-amino-alcohol motifs (C(OH)–C–C–N with tert-alkyl or cyclic N) is 1. The van der Waals surface area contributed by atoms with Gasteiger partial charge in [0.05, 0.1) is 35.6 Å². The fourth-order valence-electron chi connectivity index (χ4n) is 4.27. The predicted octanol–water partition coefficient (Wildman–Crippen LogP) is 6.51. The summed E-state index contributed by atoms with van der Waals surface area (Å²) in [5, 5.41) is 9.93. The fraction of sp³-hybridized carbons (Fsp3) is 0.346. The third kappa shape index (κ3) is 5.93. The van der Waals surface area contributed by atoms with Crippen molar-refractivity contribution in [3.63, 3.8) is 0 Å². The summed E-state index contributed by atoms with van der Waals surface area (Å²) in [6.07, 6.45) is -12.4. The molecule has 0 saturated heterocycles. The van der Waals surface area contributed by atoms with E-state index >= 15 is 0 Å². The summed E-state index contributed by atoms with van der Waals surface area (Å²) in [4.78, 5) is 7.55. The quantitative estimate of drug-likeness (QED) is 0.372. The van der Waals surface area contributed by atoms with Crippen LogP contribution in [0.5, 0.6) is 5.88 Å². The Bertz CT molecular complexity index is 1230. The Morgan fingerprint density at radius 3 is 2.27 bits per heavy atom. The summed E-state index contributed by atoms with van der Waals surface area (Å²) in [6.45, 7) is 2.77. The van der Waals surface area contributed by atoms with Crippen LogP contribution < -0.4 is 14.5 Å². The van der Waals surface area contributed by atoms with E-state index in [1.807, 2.05) is 13.8 Å². The van der Waals surface area contributed by atoms with E-state index in [9.17, 15) is 31.4 Å². The molecule has 0 fully saturated rings. The Kier molecular flexibility index (Phi) is 7.27. The zero-order valence-electron chi connectivity index (χ0n) is 20.0. The first kappa shape index (κ1) is 26.6. The molecule has 0 spiro atoms. The van der Waals surface area contributed by atoms with Crippen molar-refractivity contribution >= 4 is 17.2 Å². The Balaban J connectivity index is 1.84. The Labute approximate surface area is 209 Å². The van der Waals surface area contributed by atoms with Crippen LogP contribution in [-0.2, 0) is 6.18 Å². The molecule has 1 aromatic heterocycles. The van der Waals surface area contributed by atoms with Crippen molar-refractivity contribution in [3.8, 4) is 5.88 Å².